The summed E-state index contributed by atoms with van der Waals surface area (Å²) in [7, 11) is 1.69. The molecule has 6 aromatic carbocycles. The molecule has 0 saturated carbocycles. The molecule has 0 aliphatic heterocycles. The van der Waals surface area contributed by atoms with Crippen molar-refractivity contribution in [2.75, 3.05) is 16.9 Å². The van der Waals surface area contributed by atoms with Crippen LogP contribution in [0.1, 0.15) is 27.7 Å². The van der Waals surface area contributed by atoms with Gasteiger partial charge in [0.25, 0.3) is 0 Å². The maximum atomic E-state index is 10.1. The number of hydrogen-bond donors (Lipinski definition) is 1. The van der Waals surface area contributed by atoms with Crippen molar-refractivity contribution in [1.82, 2.24) is 0 Å². The highest BCUT2D eigenvalue weighted by atomic mass is 16.5. The Labute approximate surface area is 268 Å². The van der Waals surface area contributed by atoms with Crippen LogP contribution in [0.15, 0.2) is 158 Å². The average molecular weight is 595 g/mol. The Morgan fingerprint density at radius 3 is 1.20 bits per heavy atom. The van der Waals surface area contributed by atoms with E-state index >= 15 is 0 Å². The van der Waals surface area contributed by atoms with Crippen molar-refractivity contribution >= 4 is 34.1 Å². The van der Waals surface area contributed by atoms with E-state index in [0.717, 1.165) is 51.0 Å². The molecule has 6 aromatic rings. The van der Waals surface area contributed by atoms with Gasteiger partial charge in [-0.05, 0) is 83.9 Å². The van der Waals surface area contributed by atoms with Crippen LogP contribution in [0.25, 0.3) is 11.1 Å². The number of para-hydroxylation sites is 2. The van der Waals surface area contributed by atoms with E-state index in [2.05, 4.69) is 88.7 Å². The lowest BCUT2D eigenvalue weighted by Gasteiger charge is -2.26. The van der Waals surface area contributed by atoms with Gasteiger partial charge in [-0.3, -0.25) is 0 Å². The first-order valence-corrected chi connectivity index (χ1v) is 15.5. The predicted molar refractivity (Wildman–Crippen MR) is 192 cm³/mol. The fourth-order valence-corrected chi connectivity index (χ4v) is 5.04. The van der Waals surface area contributed by atoms with E-state index < -0.39 is 0 Å². The van der Waals surface area contributed by atoms with Gasteiger partial charge in [0.1, 0.15) is 11.5 Å². The van der Waals surface area contributed by atoms with Crippen LogP contribution in [0, 0.1) is 0 Å². The lowest BCUT2D eigenvalue weighted by atomic mass is 10.0. The summed E-state index contributed by atoms with van der Waals surface area (Å²) in [4.78, 5) is 4.36. The van der Waals surface area contributed by atoms with E-state index in [4.69, 9.17) is 4.74 Å². The second-order valence-electron chi connectivity index (χ2n) is 9.66. The van der Waals surface area contributed by atoms with Crippen molar-refractivity contribution in [3.05, 3.63) is 158 Å². The molecule has 45 heavy (non-hydrogen) atoms. The molecular weight excluding hydrogens is 552 g/mol. The molecule has 0 radical (unpaired) electrons. The van der Waals surface area contributed by atoms with E-state index in [9.17, 15) is 5.11 Å². The number of phenols is 1. The predicted octanol–water partition coefficient (Wildman–Crippen LogP) is 12.1. The van der Waals surface area contributed by atoms with E-state index in [0.29, 0.717) is 0 Å². The Morgan fingerprint density at radius 1 is 0.400 bits per heavy atom. The molecule has 0 aliphatic rings. The number of hydrogen-bond acceptors (Lipinski definition) is 4. The third-order valence-corrected chi connectivity index (χ3v) is 7.01. The normalized spacial score (nSPS) is 9.98. The van der Waals surface area contributed by atoms with E-state index in [1.54, 1.807) is 19.2 Å². The number of benzene rings is 6. The average Bonchev–Trinajstić information content (AvgIpc) is 3.12. The van der Waals surface area contributed by atoms with Crippen LogP contribution in [-0.4, -0.2) is 12.2 Å². The summed E-state index contributed by atoms with van der Waals surface area (Å²) in [6.45, 7) is 8.00. The summed E-state index contributed by atoms with van der Waals surface area (Å²) >= 11 is 0. The third-order valence-electron chi connectivity index (χ3n) is 7.01. The maximum Gasteiger partial charge on any atom is 0.120 e. The molecule has 0 saturated heterocycles. The highest BCUT2D eigenvalue weighted by molar-refractivity contribution is 5.81. The molecule has 0 aromatic heterocycles. The molecule has 0 heterocycles. The van der Waals surface area contributed by atoms with Crippen LogP contribution in [-0.2, 0) is 0 Å². The van der Waals surface area contributed by atoms with Crippen molar-refractivity contribution in [2.24, 2.45) is 0 Å². The first kappa shape index (κ1) is 32.4. The molecule has 0 bridgehead atoms. The molecule has 6 rings (SSSR count). The van der Waals surface area contributed by atoms with Crippen LogP contribution in [0.3, 0.4) is 0 Å². The summed E-state index contributed by atoms with van der Waals surface area (Å²) in [6.07, 6.45) is 0. The third kappa shape index (κ3) is 7.92. The molecule has 228 valence electrons. The van der Waals surface area contributed by atoms with Crippen LogP contribution >= 0.6 is 0 Å². The number of rotatable bonds is 8. The minimum Gasteiger partial charge on any atom is -0.508 e. The van der Waals surface area contributed by atoms with E-state index in [1.807, 2.05) is 94.4 Å². The van der Waals surface area contributed by atoms with Crippen LogP contribution in [0.5, 0.6) is 11.5 Å². The van der Waals surface area contributed by atoms with Gasteiger partial charge < -0.3 is 19.6 Å². The first-order chi connectivity index (χ1) is 22.2. The molecular formula is C41H42N2O2. The Hall–Kier alpha value is -5.48. The SMILES string of the molecule is CC.CC.COc1cccc(N(c2ccccc2)c2ccc(-c3ccc(N(c4ccccc4)c4cccc(O)c4)cc3)cc2)c1. The molecule has 0 atom stereocenters. The number of ether oxygens (including phenoxy) is 1. The zero-order chi connectivity index (χ0) is 32.0. The zero-order valence-electron chi connectivity index (χ0n) is 26.8. The van der Waals surface area contributed by atoms with Crippen molar-refractivity contribution < 1.29 is 9.84 Å². The minimum absolute atomic E-state index is 0.235. The van der Waals surface area contributed by atoms with Gasteiger partial charge in [0, 0.05) is 46.3 Å². The molecule has 0 fully saturated rings. The first-order valence-electron chi connectivity index (χ1n) is 15.5. The van der Waals surface area contributed by atoms with Gasteiger partial charge >= 0.3 is 0 Å². The molecule has 0 unspecified atom stereocenters. The van der Waals surface area contributed by atoms with Gasteiger partial charge in [-0.25, -0.2) is 0 Å². The van der Waals surface area contributed by atoms with Crippen molar-refractivity contribution in [3.63, 3.8) is 0 Å². The van der Waals surface area contributed by atoms with Gasteiger partial charge in [0.2, 0.25) is 0 Å². The van der Waals surface area contributed by atoms with Gasteiger partial charge in [-0.2, -0.15) is 0 Å². The van der Waals surface area contributed by atoms with Crippen molar-refractivity contribution in [3.8, 4) is 22.6 Å². The molecule has 0 aliphatic carbocycles. The van der Waals surface area contributed by atoms with Crippen LogP contribution < -0.4 is 14.5 Å². The Balaban J connectivity index is 0.00000111. The van der Waals surface area contributed by atoms with Crippen molar-refractivity contribution in [1.29, 1.82) is 0 Å². The van der Waals surface area contributed by atoms with E-state index in [1.165, 1.54) is 0 Å². The van der Waals surface area contributed by atoms with E-state index in [-0.39, 0.29) is 5.75 Å². The topological polar surface area (TPSA) is 35.9 Å². The second kappa shape index (κ2) is 16.4. The monoisotopic (exact) mass is 594 g/mol. The largest absolute Gasteiger partial charge is 0.508 e. The molecule has 1 N–H and O–H groups in total. The van der Waals surface area contributed by atoms with Gasteiger partial charge in [-0.1, -0.05) is 100 Å². The number of nitrogens with zero attached hydrogens (tertiary/aromatic N) is 2. The summed E-state index contributed by atoms with van der Waals surface area (Å²) in [6, 6.07) is 53.1. The van der Waals surface area contributed by atoms with Crippen LogP contribution in [0.2, 0.25) is 0 Å². The molecule has 0 amide bonds. The number of anilines is 6. The number of methoxy groups -OCH3 is 1. The van der Waals surface area contributed by atoms with Gasteiger partial charge in [-0.15, -0.1) is 0 Å². The Bertz CT molecular complexity index is 1720. The van der Waals surface area contributed by atoms with Crippen molar-refractivity contribution in [2.45, 2.75) is 27.7 Å². The van der Waals surface area contributed by atoms with Gasteiger partial charge in [0.05, 0.1) is 7.11 Å². The lowest BCUT2D eigenvalue weighted by Crippen LogP contribution is -2.10. The molecule has 4 heteroatoms. The summed E-state index contributed by atoms with van der Waals surface area (Å²) in [5.41, 5.74) is 8.34. The molecule has 0 spiro atoms. The number of phenolic OH excluding ortho intramolecular Hbond substituents is 1. The minimum atomic E-state index is 0.235. The fraction of sp³-hybridized carbons (Fsp3) is 0.122. The molecule has 4 nitrogen and oxygen atoms in total. The quantitative estimate of drug-likeness (QED) is 0.190. The summed E-state index contributed by atoms with van der Waals surface area (Å²) in [5.74, 6) is 1.05. The number of aromatic hydroxyl groups is 1. The summed E-state index contributed by atoms with van der Waals surface area (Å²) < 4.78 is 5.50. The second-order valence-corrected chi connectivity index (χ2v) is 9.66. The standard InChI is InChI=1S/C37H30N2O2.2C2H6/c1-41-37-17-9-15-35(27-37)39(31-12-6-3-7-13-31)33-24-20-29(21-25-33)28-18-22-32(23-19-28)38(30-10-4-2-5-11-30)34-14-8-16-36(40)26-34;2*1-2/h2-27,40H,1H3;2*1-2H3. The Kier molecular flexibility index (Phi) is 11.8. The summed E-state index contributed by atoms with van der Waals surface area (Å²) in [5, 5.41) is 10.1. The smallest absolute Gasteiger partial charge is 0.120 e. The lowest BCUT2D eigenvalue weighted by molar-refractivity contribution is 0.415. The maximum absolute atomic E-state index is 10.1. The Morgan fingerprint density at radius 2 is 0.778 bits per heavy atom. The highest BCUT2D eigenvalue weighted by Gasteiger charge is 2.15. The highest BCUT2D eigenvalue weighted by Crippen LogP contribution is 2.39. The van der Waals surface area contributed by atoms with Crippen LogP contribution in [0.4, 0.5) is 34.1 Å². The zero-order valence-corrected chi connectivity index (χ0v) is 26.8. The fourth-order valence-electron chi connectivity index (χ4n) is 5.04. The van der Waals surface area contributed by atoms with Gasteiger partial charge in [0.15, 0.2) is 0 Å².